The van der Waals surface area contributed by atoms with Gasteiger partial charge in [0.15, 0.2) is 5.13 Å². The van der Waals surface area contributed by atoms with Crippen molar-refractivity contribution in [3.8, 4) is 5.75 Å². The minimum absolute atomic E-state index is 0.0768. The van der Waals surface area contributed by atoms with Gasteiger partial charge in [-0.15, -0.1) is 24.5 Å². The fourth-order valence-electron chi connectivity index (χ4n) is 1.87. The van der Waals surface area contributed by atoms with E-state index in [1.807, 2.05) is 13.8 Å². The summed E-state index contributed by atoms with van der Waals surface area (Å²) in [6, 6.07) is 5.68. The second-order valence-electron chi connectivity index (χ2n) is 5.30. The van der Waals surface area contributed by atoms with Gasteiger partial charge in [0, 0.05) is 23.4 Å². The Morgan fingerprint density at radius 1 is 1.33 bits per heavy atom. The van der Waals surface area contributed by atoms with Gasteiger partial charge in [0.05, 0.1) is 0 Å². The molecule has 1 aromatic heterocycles. The molecule has 0 aliphatic carbocycles. The molecule has 8 heteroatoms. The quantitative estimate of drug-likeness (QED) is 0.820. The first-order chi connectivity index (χ1) is 11.3. The minimum atomic E-state index is -4.69. The van der Waals surface area contributed by atoms with Crippen molar-refractivity contribution in [3.63, 3.8) is 0 Å². The second-order valence-corrected chi connectivity index (χ2v) is 6.41. The van der Waals surface area contributed by atoms with E-state index in [1.165, 1.54) is 23.5 Å². The van der Waals surface area contributed by atoms with Crippen LogP contribution in [0.15, 0.2) is 30.5 Å². The SMILES string of the molecule is CCC(C)C(=O)Nc1ncc(Cc2ccc(OC(F)(F)F)cc2)s1. The highest BCUT2D eigenvalue weighted by Gasteiger charge is 2.30. The normalized spacial score (nSPS) is 12.7. The van der Waals surface area contributed by atoms with Crippen molar-refractivity contribution >= 4 is 22.4 Å². The number of ether oxygens (including phenoxy) is 1. The molecule has 24 heavy (non-hydrogen) atoms. The van der Waals surface area contributed by atoms with Crippen LogP contribution in [0, 0.1) is 5.92 Å². The van der Waals surface area contributed by atoms with E-state index in [0.29, 0.717) is 11.6 Å². The van der Waals surface area contributed by atoms with Crippen LogP contribution in [-0.4, -0.2) is 17.3 Å². The predicted octanol–water partition coefficient (Wildman–Crippen LogP) is 4.62. The van der Waals surface area contributed by atoms with Gasteiger partial charge >= 0.3 is 6.36 Å². The molecule has 1 N–H and O–H groups in total. The van der Waals surface area contributed by atoms with Gasteiger partial charge < -0.3 is 10.1 Å². The lowest BCUT2D eigenvalue weighted by atomic mass is 10.1. The number of rotatable bonds is 6. The van der Waals surface area contributed by atoms with Crippen molar-refractivity contribution in [2.45, 2.75) is 33.1 Å². The zero-order valence-corrected chi connectivity index (χ0v) is 14.0. The first kappa shape index (κ1) is 18.3. The third-order valence-corrected chi connectivity index (χ3v) is 4.29. The summed E-state index contributed by atoms with van der Waals surface area (Å²) in [7, 11) is 0. The number of halogens is 3. The number of carbonyl (C=O) groups excluding carboxylic acids is 1. The molecule has 1 aromatic carbocycles. The van der Waals surface area contributed by atoms with Gasteiger partial charge in [-0.05, 0) is 24.1 Å². The van der Waals surface area contributed by atoms with E-state index in [4.69, 9.17) is 0 Å². The Morgan fingerprint density at radius 3 is 2.58 bits per heavy atom. The first-order valence-corrected chi connectivity index (χ1v) is 8.18. The monoisotopic (exact) mass is 358 g/mol. The molecule has 0 radical (unpaired) electrons. The summed E-state index contributed by atoms with van der Waals surface area (Å²) in [6.45, 7) is 3.78. The standard InChI is InChI=1S/C16H17F3N2O2S/c1-3-10(2)14(22)21-15-20-9-13(24-15)8-11-4-6-12(7-5-11)23-16(17,18)19/h4-7,9-10H,3,8H2,1-2H3,(H,20,21,22). The highest BCUT2D eigenvalue weighted by Crippen LogP contribution is 2.25. The average Bonchev–Trinajstić information content (AvgIpc) is 2.94. The largest absolute Gasteiger partial charge is 0.573 e. The molecule has 1 unspecified atom stereocenters. The Balaban J connectivity index is 1.96. The Kier molecular flexibility index (Phi) is 5.82. The maximum absolute atomic E-state index is 12.1. The van der Waals surface area contributed by atoms with Gasteiger partial charge in [-0.25, -0.2) is 4.98 Å². The summed E-state index contributed by atoms with van der Waals surface area (Å²) < 4.78 is 40.2. The van der Waals surface area contributed by atoms with E-state index in [-0.39, 0.29) is 17.6 Å². The zero-order chi connectivity index (χ0) is 17.7. The molecular weight excluding hydrogens is 341 g/mol. The van der Waals surface area contributed by atoms with Crippen LogP contribution in [0.4, 0.5) is 18.3 Å². The zero-order valence-electron chi connectivity index (χ0n) is 13.2. The second kappa shape index (κ2) is 7.65. The summed E-state index contributed by atoms with van der Waals surface area (Å²) in [5, 5.41) is 3.28. The molecule has 1 amide bonds. The molecule has 2 rings (SSSR count). The maximum atomic E-state index is 12.1. The van der Waals surface area contributed by atoms with Crippen LogP contribution < -0.4 is 10.1 Å². The minimum Gasteiger partial charge on any atom is -0.406 e. The summed E-state index contributed by atoms with van der Waals surface area (Å²) >= 11 is 1.34. The van der Waals surface area contributed by atoms with Crippen molar-refractivity contribution in [2.75, 3.05) is 5.32 Å². The molecule has 1 heterocycles. The lowest BCUT2D eigenvalue weighted by molar-refractivity contribution is -0.274. The average molecular weight is 358 g/mol. The van der Waals surface area contributed by atoms with Gasteiger partial charge in [0.2, 0.25) is 5.91 Å². The topological polar surface area (TPSA) is 51.2 Å². The van der Waals surface area contributed by atoms with Crippen LogP contribution >= 0.6 is 11.3 Å². The van der Waals surface area contributed by atoms with Crippen LogP contribution in [0.5, 0.6) is 5.75 Å². The summed E-state index contributed by atoms with van der Waals surface area (Å²) in [4.78, 5) is 16.9. The molecule has 1 atom stereocenters. The number of amides is 1. The summed E-state index contributed by atoms with van der Waals surface area (Å²) in [6.07, 6.45) is -1.78. The fraction of sp³-hybridized carbons (Fsp3) is 0.375. The van der Waals surface area contributed by atoms with Crippen molar-refractivity contribution in [2.24, 2.45) is 5.92 Å². The van der Waals surface area contributed by atoms with Crippen molar-refractivity contribution in [3.05, 3.63) is 40.9 Å². The molecule has 0 spiro atoms. The number of hydrogen-bond acceptors (Lipinski definition) is 4. The predicted molar refractivity (Wildman–Crippen MR) is 86.1 cm³/mol. The molecule has 2 aromatic rings. The third-order valence-electron chi connectivity index (χ3n) is 3.38. The smallest absolute Gasteiger partial charge is 0.406 e. The Morgan fingerprint density at radius 2 is 2.00 bits per heavy atom. The molecule has 0 aliphatic heterocycles. The third kappa shape index (κ3) is 5.52. The van der Waals surface area contributed by atoms with E-state index in [1.54, 1.807) is 18.3 Å². The fourth-order valence-corrected chi connectivity index (χ4v) is 2.72. The summed E-state index contributed by atoms with van der Waals surface area (Å²) in [5.41, 5.74) is 0.827. The van der Waals surface area contributed by atoms with Gasteiger partial charge in [-0.1, -0.05) is 26.0 Å². The molecule has 0 saturated heterocycles. The van der Waals surface area contributed by atoms with Gasteiger partial charge in [0.1, 0.15) is 5.75 Å². The number of alkyl halides is 3. The van der Waals surface area contributed by atoms with Crippen molar-refractivity contribution in [1.82, 2.24) is 4.98 Å². The van der Waals surface area contributed by atoms with E-state index in [2.05, 4.69) is 15.0 Å². The molecule has 4 nitrogen and oxygen atoms in total. The van der Waals surface area contributed by atoms with Gasteiger partial charge in [0.25, 0.3) is 0 Å². The molecule has 0 fully saturated rings. The molecular formula is C16H17F3N2O2S. The molecule has 0 saturated carbocycles. The number of benzene rings is 1. The lowest BCUT2D eigenvalue weighted by Gasteiger charge is -2.09. The van der Waals surface area contributed by atoms with E-state index in [0.717, 1.165) is 16.9 Å². The Hall–Kier alpha value is -2.09. The van der Waals surface area contributed by atoms with Crippen LogP contribution in [0.2, 0.25) is 0 Å². The van der Waals surface area contributed by atoms with Gasteiger partial charge in [-0.3, -0.25) is 4.79 Å². The van der Waals surface area contributed by atoms with Crippen LogP contribution in [0.3, 0.4) is 0 Å². The van der Waals surface area contributed by atoms with Crippen molar-refractivity contribution in [1.29, 1.82) is 0 Å². The van der Waals surface area contributed by atoms with Crippen molar-refractivity contribution < 1.29 is 22.7 Å². The number of thiazole rings is 1. The number of aromatic nitrogens is 1. The van der Waals surface area contributed by atoms with E-state index in [9.17, 15) is 18.0 Å². The number of carbonyl (C=O) groups is 1. The number of nitrogens with one attached hydrogen (secondary N) is 1. The van der Waals surface area contributed by atoms with Crippen LogP contribution in [-0.2, 0) is 11.2 Å². The molecule has 0 aliphatic rings. The Bertz CT molecular complexity index is 683. The lowest BCUT2D eigenvalue weighted by Crippen LogP contribution is -2.19. The summed E-state index contributed by atoms with van der Waals surface area (Å²) in [5.74, 6) is -0.414. The maximum Gasteiger partial charge on any atom is 0.573 e. The number of nitrogens with zero attached hydrogens (tertiary/aromatic N) is 1. The molecule has 130 valence electrons. The Labute approximate surface area is 141 Å². The van der Waals surface area contributed by atoms with Crippen LogP contribution in [0.1, 0.15) is 30.7 Å². The molecule has 0 bridgehead atoms. The highest BCUT2D eigenvalue weighted by molar-refractivity contribution is 7.15. The first-order valence-electron chi connectivity index (χ1n) is 7.37. The number of anilines is 1. The highest BCUT2D eigenvalue weighted by atomic mass is 32.1. The van der Waals surface area contributed by atoms with Crippen LogP contribution in [0.25, 0.3) is 0 Å². The number of hydrogen-bond donors (Lipinski definition) is 1. The van der Waals surface area contributed by atoms with Gasteiger partial charge in [-0.2, -0.15) is 0 Å². The van der Waals surface area contributed by atoms with E-state index >= 15 is 0 Å². The van der Waals surface area contributed by atoms with E-state index < -0.39 is 6.36 Å².